The van der Waals surface area contributed by atoms with Gasteiger partial charge in [0.2, 0.25) is 11.8 Å². The molecule has 30 heavy (non-hydrogen) atoms. The van der Waals surface area contributed by atoms with Crippen LogP contribution in [-0.2, 0) is 20.7 Å². The van der Waals surface area contributed by atoms with Gasteiger partial charge in [0.05, 0.1) is 6.42 Å². The number of phenols is 1. The number of phenolic OH excluding ortho intramolecular Hbond substituents is 1. The largest absolute Gasteiger partial charge is 0.507 e. The molecule has 0 unspecified atom stereocenters. The molecule has 3 amide bonds. The lowest BCUT2D eigenvalue weighted by atomic mass is 10.0. The van der Waals surface area contributed by atoms with E-state index in [2.05, 4.69) is 10.6 Å². The van der Waals surface area contributed by atoms with Crippen molar-refractivity contribution in [3.05, 3.63) is 42.0 Å². The lowest BCUT2D eigenvalue weighted by Gasteiger charge is -2.22. The zero-order valence-electron chi connectivity index (χ0n) is 17.5. The van der Waals surface area contributed by atoms with E-state index in [-0.39, 0.29) is 12.2 Å². The third-order valence-electron chi connectivity index (χ3n) is 4.32. The number of primary amides is 1. The molecule has 0 aliphatic rings. The molecule has 2 aromatic carbocycles. The fourth-order valence-electron chi connectivity index (χ4n) is 3.05. The number of hydrogen-bond donors (Lipinski definition) is 4. The third-order valence-corrected chi connectivity index (χ3v) is 4.32. The number of carbonyl (C=O) groups is 3. The minimum absolute atomic E-state index is 0.227. The molecule has 2 aromatic rings. The van der Waals surface area contributed by atoms with Gasteiger partial charge < -0.3 is 26.2 Å². The summed E-state index contributed by atoms with van der Waals surface area (Å²) in [5.74, 6) is -0.984. The highest BCUT2D eigenvalue weighted by molar-refractivity contribution is 5.91. The molecule has 8 heteroatoms. The standard InChI is InChI=1S/C22H29N3O5/c1-22(2,3)30-21(29)25-17(13-19(23)27)20(28)24-12-6-8-14-7-4-10-16-15(14)9-5-11-18(16)26/h4-5,7,9-11,17,26H,6,8,12-13H2,1-3H3,(H2,23,27)(H,24,28)(H,25,29)/t17-/m0/s1. The average Bonchev–Trinajstić information content (AvgIpc) is 2.63. The van der Waals surface area contributed by atoms with Crippen molar-refractivity contribution in [3.8, 4) is 5.75 Å². The van der Waals surface area contributed by atoms with Gasteiger partial charge in [0.25, 0.3) is 0 Å². The molecule has 0 heterocycles. The number of ether oxygens (including phenoxy) is 1. The normalized spacial score (nSPS) is 12.2. The highest BCUT2D eigenvalue weighted by atomic mass is 16.6. The number of alkyl carbamates (subject to hydrolysis) is 1. The quantitative estimate of drug-likeness (QED) is 0.492. The molecule has 162 valence electrons. The first kappa shape index (κ1) is 23.0. The molecular formula is C22H29N3O5. The second kappa shape index (κ2) is 9.96. The van der Waals surface area contributed by atoms with Gasteiger partial charge in [0.15, 0.2) is 0 Å². The Bertz CT molecular complexity index is 921. The van der Waals surface area contributed by atoms with Gasteiger partial charge in [-0.3, -0.25) is 9.59 Å². The summed E-state index contributed by atoms with van der Waals surface area (Å²) < 4.78 is 5.13. The molecule has 5 N–H and O–H groups in total. The van der Waals surface area contributed by atoms with Crippen molar-refractivity contribution in [1.29, 1.82) is 0 Å². The summed E-state index contributed by atoms with van der Waals surface area (Å²) in [7, 11) is 0. The number of fused-ring (bicyclic) bond motifs is 1. The lowest BCUT2D eigenvalue weighted by Crippen LogP contribution is -2.50. The van der Waals surface area contributed by atoms with Crippen LogP contribution >= 0.6 is 0 Å². The molecule has 0 saturated heterocycles. The Morgan fingerprint density at radius 1 is 1.10 bits per heavy atom. The van der Waals surface area contributed by atoms with Crippen LogP contribution in [0.5, 0.6) is 5.75 Å². The predicted octanol–water partition coefficient (Wildman–Crippen LogP) is 2.36. The van der Waals surface area contributed by atoms with Crippen LogP contribution < -0.4 is 16.4 Å². The summed E-state index contributed by atoms with van der Waals surface area (Å²) in [6, 6.07) is 9.98. The van der Waals surface area contributed by atoms with Gasteiger partial charge in [-0.2, -0.15) is 0 Å². The van der Waals surface area contributed by atoms with Gasteiger partial charge in [0.1, 0.15) is 17.4 Å². The Morgan fingerprint density at radius 2 is 1.77 bits per heavy atom. The van der Waals surface area contributed by atoms with Gasteiger partial charge >= 0.3 is 6.09 Å². The summed E-state index contributed by atoms with van der Waals surface area (Å²) in [6.07, 6.45) is 0.199. The van der Waals surface area contributed by atoms with Gasteiger partial charge in [-0.25, -0.2) is 4.79 Å². The van der Waals surface area contributed by atoms with E-state index in [0.29, 0.717) is 19.4 Å². The maximum Gasteiger partial charge on any atom is 0.408 e. The zero-order chi connectivity index (χ0) is 22.3. The Hall–Kier alpha value is -3.29. The van der Waals surface area contributed by atoms with Gasteiger partial charge in [0, 0.05) is 11.9 Å². The SMILES string of the molecule is CC(C)(C)OC(=O)N[C@@H](CC(N)=O)C(=O)NCCCc1cccc2c(O)cccc12. The van der Waals surface area contributed by atoms with Crippen molar-refractivity contribution in [2.45, 2.75) is 51.7 Å². The molecule has 0 radical (unpaired) electrons. The zero-order valence-corrected chi connectivity index (χ0v) is 17.5. The minimum Gasteiger partial charge on any atom is -0.507 e. The highest BCUT2D eigenvalue weighted by Crippen LogP contribution is 2.27. The van der Waals surface area contributed by atoms with Crippen molar-refractivity contribution in [1.82, 2.24) is 10.6 Å². The van der Waals surface area contributed by atoms with E-state index < -0.39 is 29.6 Å². The van der Waals surface area contributed by atoms with Crippen LogP contribution in [0.25, 0.3) is 10.8 Å². The summed E-state index contributed by atoms with van der Waals surface area (Å²) in [6.45, 7) is 5.44. The molecule has 2 rings (SSSR count). The van der Waals surface area contributed by atoms with Crippen LogP contribution in [0.15, 0.2) is 36.4 Å². The van der Waals surface area contributed by atoms with E-state index in [1.807, 2.05) is 24.3 Å². The lowest BCUT2D eigenvalue weighted by molar-refractivity contribution is -0.127. The maximum atomic E-state index is 12.4. The van der Waals surface area contributed by atoms with E-state index in [0.717, 1.165) is 16.3 Å². The van der Waals surface area contributed by atoms with Crippen molar-refractivity contribution in [2.75, 3.05) is 6.54 Å². The second-order valence-corrected chi connectivity index (χ2v) is 8.05. The number of aryl methyl sites for hydroxylation is 1. The second-order valence-electron chi connectivity index (χ2n) is 8.05. The number of carbonyl (C=O) groups excluding carboxylic acids is 3. The first-order chi connectivity index (χ1) is 14.1. The molecule has 0 aliphatic heterocycles. The molecule has 0 fully saturated rings. The maximum absolute atomic E-state index is 12.4. The number of benzene rings is 2. The topological polar surface area (TPSA) is 131 Å². The number of nitrogens with one attached hydrogen (secondary N) is 2. The first-order valence-electron chi connectivity index (χ1n) is 9.82. The van der Waals surface area contributed by atoms with Gasteiger partial charge in [-0.15, -0.1) is 0 Å². The van der Waals surface area contributed by atoms with Crippen LogP contribution in [0, 0.1) is 0 Å². The van der Waals surface area contributed by atoms with E-state index >= 15 is 0 Å². The highest BCUT2D eigenvalue weighted by Gasteiger charge is 2.25. The van der Waals surface area contributed by atoms with Crippen LogP contribution in [0.2, 0.25) is 0 Å². The van der Waals surface area contributed by atoms with Gasteiger partial charge in [-0.05, 0) is 50.6 Å². The van der Waals surface area contributed by atoms with E-state index in [9.17, 15) is 19.5 Å². The van der Waals surface area contributed by atoms with E-state index in [1.165, 1.54) is 0 Å². The Labute approximate surface area is 175 Å². The molecule has 0 aliphatic carbocycles. The average molecular weight is 415 g/mol. The molecule has 0 saturated carbocycles. The van der Waals surface area contributed by atoms with Crippen LogP contribution in [0.4, 0.5) is 4.79 Å². The summed E-state index contributed by atoms with van der Waals surface area (Å²) >= 11 is 0. The Balaban J connectivity index is 1.92. The van der Waals surface area contributed by atoms with Gasteiger partial charge in [-0.1, -0.05) is 30.3 Å². The summed E-state index contributed by atoms with van der Waals surface area (Å²) in [5, 5.41) is 16.8. The predicted molar refractivity (Wildman–Crippen MR) is 114 cm³/mol. The summed E-state index contributed by atoms with van der Waals surface area (Å²) in [5.41, 5.74) is 5.52. The molecule has 0 spiro atoms. The van der Waals surface area contributed by atoms with E-state index in [1.54, 1.807) is 32.9 Å². The number of hydrogen-bond acceptors (Lipinski definition) is 5. The van der Waals surface area contributed by atoms with Crippen molar-refractivity contribution in [3.63, 3.8) is 0 Å². The number of aromatic hydroxyl groups is 1. The molecule has 0 bridgehead atoms. The van der Waals surface area contributed by atoms with Crippen LogP contribution in [0.3, 0.4) is 0 Å². The summed E-state index contributed by atoms with van der Waals surface area (Å²) in [4.78, 5) is 35.6. The fraction of sp³-hybridized carbons (Fsp3) is 0.409. The Kier molecular flexibility index (Phi) is 7.63. The van der Waals surface area contributed by atoms with E-state index in [4.69, 9.17) is 10.5 Å². The molecular weight excluding hydrogens is 386 g/mol. The minimum atomic E-state index is -1.10. The third kappa shape index (κ3) is 6.95. The molecule has 1 atom stereocenters. The van der Waals surface area contributed by atoms with Crippen LogP contribution in [0.1, 0.15) is 39.2 Å². The Morgan fingerprint density at radius 3 is 2.43 bits per heavy atom. The number of nitrogens with two attached hydrogens (primary N) is 1. The van der Waals surface area contributed by atoms with Crippen LogP contribution in [-0.4, -0.2) is 41.2 Å². The number of amides is 3. The smallest absolute Gasteiger partial charge is 0.408 e. The fourth-order valence-corrected chi connectivity index (χ4v) is 3.05. The number of rotatable bonds is 8. The first-order valence-corrected chi connectivity index (χ1v) is 9.82. The van der Waals surface area contributed by atoms with Crippen molar-refractivity contribution < 1.29 is 24.2 Å². The monoisotopic (exact) mass is 415 g/mol. The van der Waals surface area contributed by atoms with Crippen molar-refractivity contribution >= 4 is 28.7 Å². The molecule has 8 nitrogen and oxygen atoms in total. The molecule has 0 aromatic heterocycles. The van der Waals surface area contributed by atoms with Crippen molar-refractivity contribution in [2.24, 2.45) is 5.73 Å².